The minimum atomic E-state index is 0.182. The molecule has 0 aliphatic carbocycles. The van der Waals surface area contributed by atoms with Crippen molar-refractivity contribution in [3.05, 3.63) is 42.5 Å². The van der Waals surface area contributed by atoms with E-state index in [1.54, 1.807) is 49.6 Å². The summed E-state index contributed by atoms with van der Waals surface area (Å²) in [5, 5.41) is 13.2. The quantitative estimate of drug-likeness (QED) is 0.718. The largest absolute Gasteiger partial charge is 0.508 e. The Balaban J connectivity index is 1.96. The molecule has 0 saturated heterocycles. The van der Waals surface area contributed by atoms with Gasteiger partial charge in [0, 0.05) is 17.3 Å². The van der Waals surface area contributed by atoms with E-state index in [0.29, 0.717) is 28.7 Å². The highest BCUT2D eigenvalue weighted by molar-refractivity contribution is 5.73. The maximum absolute atomic E-state index is 9.28. The number of ether oxygens (including phenoxy) is 1. The average molecular weight is 283 g/mol. The van der Waals surface area contributed by atoms with E-state index in [4.69, 9.17) is 15.0 Å². The number of nitrogen functional groups attached to an aromatic ring is 1. The Morgan fingerprint density at radius 1 is 1.14 bits per heavy atom. The molecule has 6 nitrogen and oxygen atoms in total. The van der Waals surface area contributed by atoms with Crippen molar-refractivity contribution in [2.75, 3.05) is 12.8 Å². The number of benzene rings is 2. The molecule has 0 unspecified atom stereocenters. The second-order valence-electron chi connectivity index (χ2n) is 4.42. The number of phenols is 1. The predicted octanol–water partition coefficient (Wildman–Crippen LogP) is 2.70. The lowest BCUT2D eigenvalue weighted by molar-refractivity contribution is 0.414. The van der Waals surface area contributed by atoms with E-state index < -0.39 is 0 Å². The van der Waals surface area contributed by atoms with Gasteiger partial charge in [0.25, 0.3) is 5.89 Å². The number of aromatic nitrogens is 2. The first kappa shape index (κ1) is 13.0. The fourth-order valence-corrected chi connectivity index (χ4v) is 1.92. The van der Waals surface area contributed by atoms with Gasteiger partial charge < -0.3 is 20.1 Å². The molecule has 3 rings (SSSR count). The zero-order chi connectivity index (χ0) is 14.8. The number of nitrogens with zero attached hydrogens (tertiary/aromatic N) is 2. The first-order valence-electron chi connectivity index (χ1n) is 6.24. The van der Waals surface area contributed by atoms with Crippen molar-refractivity contribution in [1.29, 1.82) is 0 Å². The number of nitrogens with two attached hydrogens (primary N) is 1. The molecule has 0 radical (unpaired) electrons. The standard InChI is InChI=1S/C15H13N3O3/c1-20-11-6-7-12(13(16)8-11)15-17-14(18-21-15)9-2-4-10(19)5-3-9/h2-8,19H,16H2,1H3. The van der Waals surface area contributed by atoms with Crippen LogP contribution in [0, 0.1) is 0 Å². The van der Waals surface area contributed by atoms with Crippen molar-refractivity contribution in [2.24, 2.45) is 0 Å². The zero-order valence-electron chi connectivity index (χ0n) is 11.3. The third-order valence-corrected chi connectivity index (χ3v) is 3.04. The summed E-state index contributed by atoms with van der Waals surface area (Å²) in [5.41, 5.74) is 7.84. The second kappa shape index (κ2) is 5.16. The fraction of sp³-hybridized carbons (Fsp3) is 0.0667. The van der Waals surface area contributed by atoms with Gasteiger partial charge in [-0.25, -0.2) is 0 Å². The lowest BCUT2D eigenvalue weighted by atomic mass is 10.1. The third-order valence-electron chi connectivity index (χ3n) is 3.04. The topological polar surface area (TPSA) is 94.4 Å². The van der Waals surface area contributed by atoms with Crippen LogP contribution in [0.15, 0.2) is 47.0 Å². The van der Waals surface area contributed by atoms with Gasteiger partial charge in [0.05, 0.1) is 12.7 Å². The van der Waals surface area contributed by atoms with Gasteiger partial charge in [-0.1, -0.05) is 5.16 Å². The van der Waals surface area contributed by atoms with Crippen molar-refractivity contribution >= 4 is 5.69 Å². The monoisotopic (exact) mass is 283 g/mol. The van der Waals surface area contributed by atoms with Crippen LogP contribution >= 0.6 is 0 Å². The van der Waals surface area contributed by atoms with Crippen molar-refractivity contribution in [3.8, 4) is 34.3 Å². The molecule has 2 aromatic carbocycles. The maximum atomic E-state index is 9.28. The third kappa shape index (κ3) is 2.51. The van der Waals surface area contributed by atoms with Gasteiger partial charge in [-0.15, -0.1) is 0 Å². The van der Waals surface area contributed by atoms with Crippen molar-refractivity contribution in [2.45, 2.75) is 0 Å². The van der Waals surface area contributed by atoms with Crippen LogP contribution in [0.2, 0.25) is 0 Å². The lowest BCUT2D eigenvalue weighted by Crippen LogP contribution is -1.92. The summed E-state index contributed by atoms with van der Waals surface area (Å²) in [4.78, 5) is 4.32. The molecule has 3 N–H and O–H groups in total. The minimum absolute atomic E-state index is 0.182. The van der Waals surface area contributed by atoms with Gasteiger partial charge in [0.1, 0.15) is 11.5 Å². The van der Waals surface area contributed by atoms with E-state index in [0.717, 1.165) is 5.56 Å². The average Bonchev–Trinajstić information content (AvgIpc) is 2.97. The molecule has 1 aromatic heterocycles. The molecule has 0 bridgehead atoms. The van der Waals surface area contributed by atoms with Gasteiger partial charge in [0.15, 0.2) is 0 Å². The first-order valence-corrected chi connectivity index (χ1v) is 6.24. The Morgan fingerprint density at radius 3 is 2.57 bits per heavy atom. The van der Waals surface area contributed by atoms with Crippen molar-refractivity contribution < 1.29 is 14.4 Å². The van der Waals surface area contributed by atoms with Gasteiger partial charge >= 0.3 is 0 Å². The SMILES string of the molecule is COc1ccc(-c2nc(-c3ccc(O)cc3)no2)c(N)c1. The number of methoxy groups -OCH3 is 1. The predicted molar refractivity (Wildman–Crippen MR) is 77.8 cm³/mol. The molecule has 0 atom stereocenters. The fourth-order valence-electron chi connectivity index (χ4n) is 1.92. The summed E-state index contributed by atoms with van der Waals surface area (Å²) in [6.45, 7) is 0. The van der Waals surface area contributed by atoms with E-state index in [2.05, 4.69) is 10.1 Å². The highest BCUT2D eigenvalue weighted by Gasteiger charge is 2.13. The molecule has 6 heteroatoms. The summed E-state index contributed by atoms with van der Waals surface area (Å²) in [7, 11) is 1.57. The summed E-state index contributed by atoms with van der Waals surface area (Å²) in [6.07, 6.45) is 0. The van der Waals surface area contributed by atoms with Crippen LogP contribution in [0.1, 0.15) is 0 Å². The Kier molecular flexibility index (Phi) is 3.19. The Labute approximate surface area is 120 Å². The van der Waals surface area contributed by atoms with E-state index in [9.17, 15) is 5.11 Å². The highest BCUT2D eigenvalue weighted by Crippen LogP contribution is 2.29. The van der Waals surface area contributed by atoms with E-state index in [1.165, 1.54) is 0 Å². The summed E-state index contributed by atoms with van der Waals surface area (Å²) < 4.78 is 10.3. The van der Waals surface area contributed by atoms with Crippen LogP contribution in [-0.2, 0) is 0 Å². The molecule has 3 aromatic rings. The number of rotatable bonds is 3. The molecule has 106 valence electrons. The van der Waals surface area contributed by atoms with Crippen LogP contribution in [-0.4, -0.2) is 22.4 Å². The molecule has 21 heavy (non-hydrogen) atoms. The molecule has 0 aliphatic rings. The van der Waals surface area contributed by atoms with Crippen LogP contribution in [0.4, 0.5) is 5.69 Å². The Hall–Kier alpha value is -3.02. The molecular formula is C15H13N3O3. The first-order chi connectivity index (χ1) is 10.2. The molecule has 0 fully saturated rings. The maximum Gasteiger partial charge on any atom is 0.260 e. The van der Waals surface area contributed by atoms with E-state index >= 15 is 0 Å². The van der Waals surface area contributed by atoms with Crippen molar-refractivity contribution in [3.63, 3.8) is 0 Å². The molecule has 1 heterocycles. The van der Waals surface area contributed by atoms with Crippen LogP contribution < -0.4 is 10.5 Å². The second-order valence-corrected chi connectivity index (χ2v) is 4.42. The van der Waals surface area contributed by atoms with Gasteiger partial charge in [-0.3, -0.25) is 0 Å². The number of hydrogen-bond acceptors (Lipinski definition) is 6. The van der Waals surface area contributed by atoms with Crippen molar-refractivity contribution in [1.82, 2.24) is 10.1 Å². The number of hydrogen-bond donors (Lipinski definition) is 2. The highest BCUT2D eigenvalue weighted by atomic mass is 16.5. The lowest BCUT2D eigenvalue weighted by Gasteiger charge is -2.03. The molecule has 0 amide bonds. The van der Waals surface area contributed by atoms with Crippen LogP contribution in [0.5, 0.6) is 11.5 Å². The van der Waals surface area contributed by atoms with E-state index in [-0.39, 0.29) is 5.75 Å². The Bertz CT molecular complexity index is 766. The molecule has 0 spiro atoms. The smallest absolute Gasteiger partial charge is 0.260 e. The minimum Gasteiger partial charge on any atom is -0.508 e. The van der Waals surface area contributed by atoms with Gasteiger partial charge in [-0.05, 0) is 36.4 Å². The summed E-state index contributed by atoms with van der Waals surface area (Å²) in [6, 6.07) is 11.8. The normalized spacial score (nSPS) is 10.5. The van der Waals surface area contributed by atoms with Crippen LogP contribution in [0.3, 0.4) is 0 Å². The summed E-state index contributed by atoms with van der Waals surface area (Å²) in [5.74, 6) is 1.61. The Morgan fingerprint density at radius 2 is 1.90 bits per heavy atom. The van der Waals surface area contributed by atoms with E-state index in [1.807, 2.05) is 0 Å². The molecule has 0 saturated carbocycles. The number of anilines is 1. The van der Waals surface area contributed by atoms with Crippen LogP contribution in [0.25, 0.3) is 22.8 Å². The summed E-state index contributed by atoms with van der Waals surface area (Å²) >= 11 is 0. The molecule has 0 aliphatic heterocycles. The zero-order valence-corrected chi connectivity index (χ0v) is 11.3. The van der Waals surface area contributed by atoms with Gasteiger partial charge in [-0.2, -0.15) is 4.98 Å². The molecular weight excluding hydrogens is 270 g/mol. The number of phenolic OH excluding ortho intramolecular Hbond substituents is 1. The number of aromatic hydroxyl groups is 1. The van der Waals surface area contributed by atoms with Gasteiger partial charge in [0.2, 0.25) is 5.82 Å².